The van der Waals surface area contributed by atoms with Gasteiger partial charge in [0.05, 0.1) is 0 Å². The Morgan fingerprint density at radius 1 is 1.20 bits per heavy atom. The highest BCUT2D eigenvalue weighted by Crippen LogP contribution is 2.39. The van der Waals surface area contributed by atoms with E-state index in [-0.39, 0.29) is 0 Å². The average molecular weight is 276 g/mol. The standard InChI is InChI=1S/C16H28N4/c1-4-7-11-20(6-3)15-12-14(17-10-5-2)18-16(19-15)13-8-9-13/h12-13H,4-11H2,1-3H3,(H,17,18,19). The molecule has 1 heterocycles. The number of rotatable bonds is 9. The molecule has 1 aromatic heterocycles. The van der Waals surface area contributed by atoms with E-state index in [9.17, 15) is 0 Å². The largest absolute Gasteiger partial charge is 0.370 e. The third kappa shape index (κ3) is 4.09. The highest BCUT2D eigenvalue weighted by atomic mass is 15.2. The third-order valence-corrected chi connectivity index (χ3v) is 3.72. The van der Waals surface area contributed by atoms with E-state index in [2.05, 4.69) is 42.0 Å². The second-order valence-corrected chi connectivity index (χ2v) is 5.60. The van der Waals surface area contributed by atoms with Gasteiger partial charge >= 0.3 is 0 Å². The van der Waals surface area contributed by atoms with Gasteiger partial charge in [0.1, 0.15) is 17.5 Å². The van der Waals surface area contributed by atoms with Crippen LogP contribution >= 0.6 is 0 Å². The van der Waals surface area contributed by atoms with E-state index in [1.807, 2.05) is 0 Å². The summed E-state index contributed by atoms with van der Waals surface area (Å²) in [4.78, 5) is 11.9. The van der Waals surface area contributed by atoms with Crippen LogP contribution in [0, 0.1) is 0 Å². The lowest BCUT2D eigenvalue weighted by Gasteiger charge is -2.23. The van der Waals surface area contributed by atoms with Crippen LogP contribution < -0.4 is 10.2 Å². The molecule has 1 aliphatic carbocycles. The minimum absolute atomic E-state index is 0.599. The van der Waals surface area contributed by atoms with Gasteiger partial charge in [-0.25, -0.2) is 9.97 Å². The normalized spacial score (nSPS) is 14.3. The van der Waals surface area contributed by atoms with Crippen molar-refractivity contribution in [2.75, 3.05) is 29.9 Å². The molecule has 4 nitrogen and oxygen atoms in total. The number of nitrogens with zero attached hydrogens (tertiary/aromatic N) is 3. The second-order valence-electron chi connectivity index (χ2n) is 5.60. The maximum atomic E-state index is 4.80. The number of hydrogen-bond acceptors (Lipinski definition) is 4. The zero-order valence-corrected chi connectivity index (χ0v) is 13.2. The van der Waals surface area contributed by atoms with Gasteiger partial charge < -0.3 is 10.2 Å². The molecule has 1 aromatic rings. The van der Waals surface area contributed by atoms with Crippen molar-refractivity contribution in [2.24, 2.45) is 0 Å². The molecule has 1 fully saturated rings. The molecule has 0 atom stereocenters. The van der Waals surface area contributed by atoms with Gasteiger partial charge in [-0.1, -0.05) is 20.3 Å². The molecule has 1 saturated carbocycles. The van der Waals surface area contributed by atoms with E-state index in [0.717, 1.165) is 43.5 Å². The summed E-state index contributed by atoms with van der Waals surface area (Å²) in [5, 5.41) is 3.42. The predicted octanol–water partition coefficient (Wildman–Crippen LogP) is 3.80. The fourth-order valence-corrected chi connectivity index (χ4v) is 2.27. The fourth-order valence-electron chi connectivity index (χ4n) is 2.27. The Kier molecular flexibility index (Phi) is 5.62. The molecule has 4 heteroatoms. The highest BCUT2D eigenvalue weighted by molar-refractivity contribution is 5.50. The first-order valence-electron chi connectivity index (χ1n) is 8.16. The van der Waals surface area contributed by atoms with Crippen LogP contribution in [0.15, 0.2) is 6.07 Å². The molecular formula is C16H28N4. The Morgan fingerprint density at radius 3 is 2.60 bits per heavy atom. The molecular weight excluding hydrogens is 248 g/mol. The van der Waals surface area contributed by atoms with Gasteiger partial charge in [-0.2, -0.15) is 0 Å². The molecule has 20 heavy (non-hydrogen) atoms. The molecule has 0 amide bonds. The SMILES string of the molecule is CCCCN(CC)c1cc(NCCC)nc(C2CC2)n1. The quantitative estimate of drug-likeness (QED) is 0.745. The van der Waals surface area contributed by atoms with Crippen LogP contribution in [0.25, 0.3) is 0 Å². The van der Waals surface area contributed by atoms with E-state index in [4.69, 9.17) is 4.98 Å². The maximum Gasteiger partial charge on any atom is 0.136 e. The maximum absolute atomic E-state index is 4.80. The van der Waals surface area contributed by atoms with Crippen molar-refractivity contribution in [1.29, 1.82) is 0 Å². The van der Waals surface area contributed by atoms with Crippen LogP contribution in [0.5, 0.6) is 0 Å². The number of unbranched alkanes of at least 4 members (excludes halogenated alkanes) is 1. The molecule has 0 aliphatic heterocycles. The predicted molar refractivity (Wildman–Crippen MR) is 85.6 cm³/mol. The zero-order chi connectivity index (χ0) is 14.4. The smallest absolute Gasteiger partial charge is 0.136 e. The van der Waals surface area contributed by atoms with Gasteiger partial charge in [0.2, 0.25) is 0 Å². The Hall–Kier alpha value is -1.32. The molecule has 1 aliphatic rings. The summed E-state index contributed by atoms with van der Waals surface area (Å²) >= 11 is 0. The van der Waals surface area contributed by atoms with Crippen LogP contribution in [-0.4, -0.2) is 29.6 Å². The fraction of sp³-hybridized carbons (Fsp3) is 0.750. The Bertz CT molecular complexity index is 415. The molecule has 0 unspecified atom stereocenters. The first-order valence-corrected chi connectivity index (χ1v) is 8.16. The van der Waals surface area contributed by atoms with Gasteiger partial charge in [0.25, 0.3) is 0 Å². The summed E-state index contributed by atoms with van der Waals surface area (Å²) in [7, 11) is 0. The minimum Gasteiger partial charge on any atom is -0.370 e. The molecule has 112 valence electrons. The summed E-state index contributed by atoms with van der Waals surface area (Å²) in [5.74, 6) is 3.73. The molecule has 1 N–H and O–H groups in total. The lowest BCUT2D eigenvalue weighted by molar-refractivity contribution is 0.718. The monoisotopic (exact) mass is 276 g/mol. The van der Waals surface area contributed by atoms with Crippen LogP contribution in [0.4, 0.5) is 11.6 Å². The van der Waals surface area contributed by atoms with E-state index in [1.165, 1.54) is 25.7 Å². The number of nitrogens with one attached hydrogen (secondary N) is 1. The van der Waals surface area contributed by atoms with Crippen molar-refractivity contribution in [3.63, 3.8) is 0 Å². The first-order chi connectivity index (χ1) is 9.78. The Labute approximate surface area is 123 Å². The molecule has 0 radical (unpaired) electrons. The van der Waals surface area contributed by atoms with Crippen molar-refractivity contribution in [2.45, 2.75) is 58.8 Å². The third-order valence-electron chi connectivity index (χ3n) is 3.72. The molecule has 0 bridgehead atoms. The van der Waals surface area contributed by atoms with Gasteiger partial charge in [-0.3, -0.25) is 0 Å². The molecule has 0 aromatic carbocycles. The summed E-state index contributed by atoms with van der Waals surface area (Å²) < 4.78 is 0. The van der Waals surface area contributed by atoms with Crippen LogP contribution in [-0.2, 0) is 0 Å². The van der Waals surface area contributed by atoms with Crippen molar-refractivity contribution in [3.8, 4) is 0 Å². The molecule has 2 rings (SSSR count). The lowest BCUT2D eigenvalue weighted by atomic mass is 10.3. The van der Waals surface area contributed by atoms with Crippen molar-refractivity contribution in [1.82, 2.24) is 9.97 Å². The number of hydrogen-bond donors (Lipinski definition) is 1. The van der Waals surface area contributed by atoms with Crippen LogP contribution in [0.1, 0.15) is 64.6 Å². The number of anilines is 2. The number of aromatic nitrogens is 2. The summed E-state index contributed by atoms with van der Waals surface area (Å²) in [6.07, 6.45) is 6.05. The van der Waals surface area contributed by atoms with E-state index in [0.29, 0.717) is 5.92 Å². The first kappa shape index (κ1) is 15.1. The lowest BCUT2D eigenvalue weighted by Crippen LogP contribution is -2.25. The van der Waals surface area contributed by atoms with Crippen molar-refractivity contribution in [3.05, 3.63) is 11.9 Å². The molecule has 0 spiro atoms. The highest BCUT2D eigenvalue weighted by Gasteiger charge is 2.27. The summed E-state index contributed by atoms with van der Waals surface area (Å²) in [5.41, 5.74) is 0. The van der Waals surface area contributed by atoms with Gasteiger partial charge in [0.15, 0.2) is 0 Å². The van der Waals surface area contributed by atoms with Gasteiger partial charge in [-0.05, 0) is 32.6 Å². The average Bonchev–Trinajstić information content (AvgIpc) is 3.30. The second kappa shape index (κ2) is 7.46. The Morgan fingerprint density at radius 2 is 2.00 bits per heavy atom. The summed E-state index contributed by atoms with van der Waals surface area (Å²) in [6, 6.07) is 2.11. The van der Waals surface area contributed by atoms with Crippen LogP contribution in [0.3, 0.4) is 0 Å². The van der Waals surface area contributed by atoms with Crippen LogP contribution in [0.2, 0.25) is 0 Å². The minimum atomic E-state index is 0.599. The zero-order valence-electron chi connectivity index (χ0n) is 13.2. The molecule has 0 saturated heterocycles. The van der Waals surface area contributed by atoms with E-state index in [1.54, 1.807) is 0 Å². The van der Waals surface area contributed by atoms with Gasteiger partial charge in [0, 0.05) is 31.6 Å². The Balaban J connectivity index is 2.17. The van der Waals surface area contributed by atoms with E-state index < -0.39 is 0 Å². The topological polar surface area (TPSA) is 41.0 Å². The summed E-state index contributed by atoms with van der Waals surface area (Å²) in [6.45, 7) is 9.68. The van der Waals surface area contributed by atoms with Crippen molar-refractivity contribution >= 4 is 11.6 Å². The van der Waals surface area contributed by atoms with E-state index >= 15 is 0 Å². The van der Waals surface area contributed by atoms with Gasteiger partial charge in [-0.15, -0.1) is 0 Å². The van der Waals surface area contributed by atoms with Crippen molar-refractivity contribution < 1.29 is 0 Å².